The fourth-order valence-corrected chi connectivity index (χ4v) is 1.65. The molecule has 0 saturated heterocycles. The van der Waals surface area contributed by atoms with Gasteiger partial charge in [0, 0.05) is 22.3 Å². The maximum atomic E-state index is 13.7. The molecule has 18 heavy (non-hydrogen) atoms. The molecule has 0 atom stereocenters. The van der Waals surface area contributed by atoms with Gasteiger partial charge in [0.15, 0.2) is 0 Å². The number of hydrogen-bond donors (Lipinski definition) is 0. The third kappa shape index (κ3) is 2.18. The molecule has 0 bridgehead atoms. The Hall–Kier alpha value is -2.36. The van der Waals surface area contributed by atoms with E-state index in [-0.39, 0.29) is 22.3 Å². The van der Waals surface area contributed by atoms with Gasteiger partial charge in [-0.05, 0) is 24.3 Å². The predicted octanol–water partition coefficient (Wildman–Crippen LogP) is 3.26. The predicted molar refractivity (Wildman–Crippen MR) is 62.6 cm³/mol. The van der Waals surface area contributed by atoms with Crippen LogP contribution in [-0.4, -0.2) is 12.6 Å². The molecule has 0 heterocycles. The van der Waals surface area contributed by atoms with Crippen LogP contribution >= 0.6 is 0 Å². The van der Waals surface area contributed by atoms with Crippen LogP contribution in [0.25, 0.3) is 11.1 Å². The molecule has 90 valence electrons. The van der Waals surface area contributed by atoms with E-state index in [1.54, 1.807) is 0 Å². The highest BCUT2D eigenvalue weighted by atomic mass is 19.1. The second kappa shape index (κ2) is 4.87. The third-order valence-electron chi connectivity index (χ3n) is 2.55. The van der Waals surface area contributed by atoms with E-state index in [0.717, 1.165) is 12.1 Å². The van der Waals surface area contributed by atoms with E-state index in [1.165, 1.54) is 24.3 Å². The summed E-state index contributed by atoms with van der Waals surface area (Å²) in [5, 5.41) is 0. The normalized spacial score (nSPS) is 10.1. The van der Waals surface area contributed by atoms with Gasteiger partial charge in [0.05, 0.1) is 0 Å². The van der Waals surface area contributed by atoms with Gasteiger partial charge in [-0.25, -0.2) is 8.78 Å². The SMILES string of the molecule is O=Cc1ccc(-c2cc(C=O)ccc2F)c(F)c1. The lowest BCUT2D eigenvalue weighted by Gasteiger charge is -2.06. The van der Waals surface area contributed by atoms with Crippen LogP contribution in [0, 0.1) is 11.6 Å². The summed E-state index contributed by atoms with van der Waals surface area (Å²) < 4.78 is 27.3. The molecule has 0 N–H and O–H groups in total. The van der Waals surface area contributed by atoms with E-state index in [0.29, 0.717) is 12.6 Å². The quantitative estimate of drug-likeness (QED) is 0.779. The Bertz CT molecular complexity index is 621. The standard InChI is InChI=1S/C14H8F2O2/c15-13-4-2-9(7-17)5-12(13)11-3-1-10(8-18)6-14(11)16/h1-8H. The number of halogens is 2. The highest BCUT2D eigenvalue weighted by Gasteiger charge is 2.11. The molecule has 0 aliphatic carbocycles. The van der Waals surface area contributed by atoms with Gasteiger partial charge in [0.25, 0.3) is 0 Å². The average Bonchev–Trinajstić information content (AvgIpc) is 2.39. The summed E-state index contributed by atoms with van der Waals surface area (Å²) in [6, 6.07) is 7.40. The van der Waals surface area contributed by atoms with Gasteiger partial charge >= 0.3 is 0 Å². The molecule has 0 saturated carbocycles. The monoisotopic (exact) mass is 246 g/mol. The number of carbonyl (C=O) groups excluding carboxylic acids is 2. The third-order valence-corrected chi connectivity index (χ3v) is 2.55. The lowest BCUT2D eigenvalue weighted by atomic mass is 10.0. The molecule has 2 rings (SSSR count). The van der Waals surface area contributed by atoms with Crippen LogP contribution in [0.5, 0.6) is 0 Å². The van der Waals surface area contributed by atoms with Crippen molar-refractivity contribution in [3.05, 3.63) is 59.2 Å². The molecule has 0 aliphatic heterocycles. The van der Waals surface area contributed by atoms with Gasteiger partial charge < -0.3 is 0 Å². The Morgan fingerprint density at radius 2 is 1.33 bits per heavy atom. The van der Waals surface area contributed by atoms with Crippen molar-refractivity contribution in [1.29, 1.82) is 0 Å². The molecular formula is C14H8F2O2. The van der Waals surface area contributed by atoms with E-state index in [1.807, 2.05) is 0 Å². The van der Waals surface area contributed by atoms with E-state index in [4.69, 9.17) is 0 Å². The van der Waals surface area contributed by atoms with Crippen molar-refractivity contribution in [3.63, 3.8) is 0 Å². The Labute approximate surface area is 102 Å². The largest absolute Gasteiger partial charge is 0.298 e. The van der Waals surface area contributed by atoms with Crippen molar-refractivity contribution >= 4 is 12.6 Å². The van der Waals surface area contributed by atoms with E-state index >= 15 is 0 Å². The Balaban J connectivity index is 2.60. The van der Waals surface area contributed by atoms with Crippen LogP contribution in [0.15, 0.2) is 36.4 Å². The van der Waals surface area contributed by atoms with Crippen LogP contribution in [-0.2, 0) is 0 Å². The second-order valence-electron chi connectivity index (χ2n) is 3.71. The van der Waals surface area contributed by atoms with Crippen LogP contribution in [0.2, 0.25) is 0 Å². The minimum atomic E-state index is -0.707. The average molecular weight is 246 g/mol. The highest BCUT2D eigenvalue weighted by Crippen LogP contribution is 2.26. The number of carbonyl (C=O) groups is 2. The molecule has 0 amide bonds. The first-order valence-electron chi connectivity index (χ1n) is 5.15. The molecule has 0 spiro atoms. The number of rotatable bonds is 3. The molecule has 0 aliphatic rings. The number of aldehydes is 2. The minimum Gasteiger partial charge on any atom is -0.298 e. The first-order valence-corrected chi connectivity index (χ1v) is 5.15. The van der Waals surface area contributed by atoms with E-state index in [2.05, 4.69) is 0 Å². The molecule has 2 nitrogen and oxygen atoms in total. The Morgan fingerprint density at radius 3 is 1.94 bits per heavy atom. The molecular weight excluding hydrogens is 238 g/mol. The summed E-state index contributed by atoms with van der Waals surface area (Å²) in [7, 11) is 0. The maximum Gasteiger partial charge on any atom is 0.150 e. The second-order valence-corrected chi connectivity index (χ2v) is 3.71. The van der Waals surface area contributed by atoms with Gasteiger partial charge in [-0.15, -0.1) is 0 Å². The lowest BCUT2D eigenvalue weighted by molar-refractivity contribution is 0.111. The van der Waals surface area contributed by atoms with E-state index in [9.17, 15) is 18.4 Å². The summed E-state index contributed by atoms with van der Waals surface area (Å²) in [5.41, 5.74) is 0.435. The fraction of sp³-hybridized carbons (Fsp3) is 0. The summed E-state index contributed by atoms with van der Waals surface area (Å²) >= 11 is 0. The van der Waals surface area contributed by atoms with Crippen LogP contribution in [0.3, 0.4) is 0 Å². The smallest absolute Gasteiger partial charge is 0.150 e. The van der Waals surface area contributed by atoms with Crippen LogP contribution in [0.4, 0.5) is 8.78 Å². The summed E-state index contributed by atoms with van der Waals surface area (Å²) in [6.07, 6.45) is 1.06. The van der Waals surface area contributed by atoms with Gasteiger partial charge in [0.1, 0.15) is 24.2 Å². The zero-order valence-corrected chi connectivity index (χ0v) is 9.19. The Kier molecular flexibility index (Phi) is 3.28. The minimum absolute atomic E-state index is 0.00505. The molecule has 2 aromatic carbocycles. The zero-order chi connectivity index (χ0) is 13.1. The summed E-state index contributed by atoms with van der Waals surface area (Å²) in [4.78, 5) is 21.1. The Morgan fingerprint density at radius 1 is 0.722 bits per heavy atom. The molecule has 0 unspecified atom stereocenters. The number of hydrogen-bond acceptors (Lipinski definition) is 2. The summed E-state index contributed by atoms with van der Waals surface area (Å²) in [5.74, 6) is -1.33. The van der Waals surface area contributed by atoms with Gasteiger partial charge in [-0.3, -0.25) is 9.59 Å². The maximum absolute atomic E-state index is 13.7. The molecule has 0 aromatic heterocycles. The molecule has 4 heteroatoms. The van der Waals surface area contributed by atoms with Crippen molar-refractivity contribution in [3.8, 4) is 11.1 Å². The topological polar surface area (TPSA) is 34.1 Å². The fourth-order valence-electron chi connectivity index (χ4n) is 1.65. The molecule has 2 aromatic rings. The molecule has 0 fully saturated rings. The van der Waals surface area contributed by atoms with Crippen LogP contribution < -0.4 is 0 Å². The first-order chi connectivity index (χ1) is 8.65. The summed E-state index contributed by atoms with van der Waals surface area (Å²) in [6.45, 7) is 0. The lowest BCUT2D eigenvalue weighted by Crippen LogP contribution is -1.92. The van der Waals surface area contributed by atoms with Gasteiger partial charge in [-0.1, -0.05) is 12.1 Å². The van der Waals surface area contributed by atoms with Crippen molar-refractivity contribution in [2.45, 2.75) is 0 Å². The van der Waals surface area contributed by atoms with Crippen molar-refractivity contribution in [1.82, 2.24) is 0 Å². The van der Waals surface area contributed by atoms with Crippen molar-refractivity contribution < 1.29 is 18.4 Å². The van der Waals surface area contributed by atoms with Crippen molar-refractivity contribution in [2.24, 2.45) is 0 Å². The van der Waals surface area contributed by atoms with E-state index < -0.39 is 11.6 Å². The van der Waals surface area contributed by atoms with Crippen LogP contribution in [0.1, 0.15) is 20.7 Å². The van der Waals surface area contributed by atoms with Crippen molar-refractivity contribution in [2.75, 3.05) is 0 Å². The van der Waals surface area contributed by atoms with Gasteiger partial charge in [0.2, 0.25) is 0 Å². The number of benzene rings is 2. The highest BCUT2D eigenvalue weighted by molar-refractivity contribution is 5.81. The first kappa shape index (κ1) is 12.1. The zero-order valence-electron chi connectivity index (χ0n) is 9.19. The van der Waals surface area contributed by atoms with Gasteiger partial charge in [-0.2, -0.15) is 0 Å². The molecule has 0 radical (unpaired) electrons.